The number of phenols is 1. The van der Waals surface area contributed by atoms with Crippen LogP contribution in [0.5, 0.6) is 34.5 Å². The van der Waals surface area contributed by atoms with Gasteiger partial charge in [0, 0.05) is 38.1 Å². The Balaban J connectivity index is 1.61. The van der Waals surface area contributed by atoms with Gasteiger partial charge < -0.3 is 28.8 Å². The molecule has 0 aromatic heterocycles. The van der Waals surface area contributed by atoms with Crippen molar-refractivity contribution >= 4 is 54.9 Å². The monoisotopic (exact) mass is 608 g/mol. The van der Waals surface area contributed by atoms with Gasteiger partial charge in [-0.25, -0.2) is 0 Å². The molecule has 0 radical (unpaired) electrons. The SMILES string of the molecule is COc1cc2c(O)cccc2c2c1[C@H]1C(=O)[C@H]3C=Cc4c(OC)c(OC)c5ccc6c(OC)cc7c(OC)cc1c1c7c6c5c4C213. The summed E-state index contributed by atoms with van der Waals surface area (Å²) in [5.41, 5.74) is 4.74. The number of rotatable bonds is 5. The van der Waals surface area contributed by atoms with E-state index < -0.39 is 17.3 Å². The number of ketones is 1. The van der Waals surface area contributed by atoms with E-state index in [1.54, 1.807) is 41.6 Å². The predicted octanol–water partition coefficient (Wildman–Crippen LogP) is 7.37. The molecule has 0 fully saturated rings. The molecule has 1 spiro atoms. The molecular weight excluding hydrogens is 580 g/mol. The van der Waals surface area contributed by atoms with Crippen LogP contribution in [-0.2, 0) is 10.2 Å². The van der Waals surface area contributed by atoms with Crippen molar-refractivity contribution in [3.63, 3.8) is 0 Å². The third kappa shape index (κ3) is 2.47. The number of phenolic OH excluding ortho intramolecular Hbond substituents is 1. The molecule has 226 valence electrons. The number of methoxy groups -OCH3 is 5. The van der Waals surface area contributed by atoms with Crippen LogP contribution in [0, 0.1) is 5.92 Å². The molecule has 11 rings (SSSR count). The molecule has 0 heterocycles. The molecule has 46 heavy (non-hydrogen) atoms. The number of carbonyl (C=O) groups is 1. The average Bonchev–Trinajstić information content (AvgIpc) is 3.08. The normalized spacial score (nSPS) is 20.8. The lowest BCUT2D eigenvalue weighted by Crippen LogP contribution is -2.55. The second kappa shape index (κ2) is 8.23. The maximum atomic E-state index is 15.0. The Morgan fingerprint density at radius 3 is 2.09 bits per heavy atom. The number of benzene rings is 6. The van der Waals surface area contributed by atoms with Crippen LogP contribution in [0.25, 0.3) is 49.2 Å². The number of ether oxygens (including phenoxy) is 5. The Kier molecular flexibility index (Phi) is 4.63. The first-order valence-corrected chi connectivity index (χ1v) is 15.3. The van der Waals surface area contributed by atoms with Crippen LogP contribution in [0.2, 0.25) is 0 Å². The number of fused-ring (bicyclic) bond motifs is 1. The number of Topliss-reactive ketones (excluding diaryl/α,β-unsaturated/α-hetero) is 1. The van der Waals surface area contributed by atoms with E-state index in [1.165, 1.54) is 0 Å². The van der Waals surface area contributed by atoms with E-state index in [1.807, 2.05) is 24.3 Å². The molecule has 6 aromatic rings. The van der Waals surface area contributed by atoms with Crippen LogP contribution < -0.4 is 23.7 Å². The number of allylic oxidation sites excluding steroid dienone is 1. The molecule has 7 heteroatoms. The molecule has 0 saturated heterocycles. The van der Waals surface area contributed by atoms with Gasteiger partial charge in [-0.05, 0) is 74.8 Å². The van der Waals surface area contributed by atoms with Crippen molar-refractivity contribution in [2.24, 2.45) is 5.92 Å². The summed E-state index contributed by atoms with van der Waals surface area (Å²) in [5.74, 6) is 2.39. The molecule has 5 aliphatic rings. The second-order valence-corrected chi connectivity index (χ2v) is 12.5. The number of hydrogen-bond donors (Lipinski definition) is 1. The van der Waals surface area contributed by atoms with Crippen LogP contribution in [0.4, 0.5) is 0 Å². The highest BCUT2D eigenvalue weighted by Crippen LogP contribution is 2.72. The first-order chi connectivity index (χ1) is 22.5. The first-order valence-electron chi connectivity index (χ1n) is 15.3. The summed E-state index contributed by atoms with van der Waals surface area (Å²) in [5, 5.41) is 18.6. The lowest BCUT2D eigenvalue weighted by atomic mass is 9.43. The van der Waals surface area contributed by atoms with Crippen molar-refractivity contribution in [1.82, 2.24) is 0 Å². The molecule has 3 atom stereocenters. The number of carbonyl (C=O) groups excluding carboxylic acids is 1. The fourth-order valence-corrected chi connectivity index (χ4v) is 9.68. The zero-order valence-corrected chi connectivity index (χ0v) is 25.8. The van der Waals surface area contributed by atoms with Gasteiger partial charge in [0.2, 0.25) is 0 Å². The van der Waals surface area contributed by atoms with E-state index in [-0.39, 0.29) is 11.5 Å². The summed E-state index contributed by atoms with van der Waals surface area (Å²) in [6.07, 6.45) is 4.09. The molecule has 7 nitrogen and oxygen atoms in total. The van der Waals surface area contributed by atoms with Crippen LogP contribution in [0.15, 0.2) is 54.6 Å². The number of aromatic hydroxyl groups is 1. The highest BCUT2D eigenvalue weighted by atomic mass is 16.5. The first kappa shape index (κ1) is 25.9. The van der Waals surface area contributed by atoms with Crippen LogP contribution in [-0.4, -0.2) is 46.4 Å². The lowest BCUT2D eigenvalue weighted by Gasteiger charge is -2.57. The summed E-state index contributed by atoms with van der Waals surface area (Å²) in [6, 6.07) is 15.7. The summed E-state index contributed by atoms with van der Waals surface area (Å²) in [6.45, 7) is 0. The highest BCUT2D eigenvalue weighted by Gasteiger charge is 2.64. The zero-order chi connectivity index (χ0) is 31.4. The van der Waals surface area contributed by atoms with Crippen LogP contribution in [0.3, 0.4) is 0 Å². The van der Waals surface area contributed by atoms with E-state index in [0.717, 1.165) is 76.8 Å². The van der Waals surface area contributed by atoms with Crippen LogP contribution >= 0.6 is 0 Å². The van der Waals surface area contributed by atoms with Gasteiger partial charge in [-0.2, -0.15) is 0 Å². The molecule has 0 aliphatic heterocycles. The number of hydrogen-bond acceptors (Lipinski definition) is 7. The maximum Gasteiger partial charge on any atom is 0.169 e. The van der Waals surface area contributed by atoms with Crippen LogP contribution in [0.1, 0.15) is 39.3 Å². The van der Waals surface area contributed by atoms with E-state index in [2.05, 4.69) is 30.3 Å². The second-order valence-electron chi connectivity index (χ2n) is 12.5. The Morgan fingerprint density at radius 1 is 0.652 bits per heavy atom. The molecule has 0 amide bonds. The van der Waals surface area contributed by atoms with E-state index in [0.29, 0.717) is 28.4 Å². The van der Waals surface area contributed by atoms with Crippen molar-refractivity contribution in [2.45, 2.75) is 11.3 Å². The summed E-state index contributed by atoms with van der Waals surface area (Å²) < 4.78 is 30.5. The van der Waals surface area contributed by atoms with Crippen molar-refractivity contribution < 1.29 is 33.6 Å². The standard InChI is InChI=1S/C39H28O7/c1-42-25-14-21-26(43-2)15-22-31-32-27(44-3)13-20-16(7-6-8-24(20)40)33(32)39-23(36(31)41)12-11-19-34(39)29-18(37(45-4)38(19)46-5)10-9-17(25)28(29)30(21)35(22)39/h6-15,23,31,40H,1-5H3/t23-,31+,39?/m1/s1. The van der Waals surface area contributed by atoms with Gasteiger partial charge in [-0.1, -0.05) is 24.3 Å². The quantitative estimate of drug-likeness (QED) is 0.205. The third-order valence-corrected chi connectivity index (χ3v) is 11.1. The molecule has 1 N–H and O–H groups in total. The Bertz CT molecular complexity index is 2510. The Hall–Kier alpha value is -5.43. The predicted molar refractivity (Wildman–Crippen MR) is 177 cm³/mol. The minimum atomic E-state index is -0.959. The average molecular weight is 609 g/mol. The van der Waals surface area contributed by atoms with Crippen molar-refractivity contribution in [3.8, 4) is 34.5 Å². The summed E-state index contributed by atoms with van der Waals surface area (Å²) >= 11 is 0. The Labute approximate surface area is 263 Å². The van der Waals surface area contributed by atoms with Gasteiger partial charge in [0.1, 0.15) is 23.0 Å². The largest absolute Gasteiger partial charge is 0.507 e. The Morgan fingerprint density at radius 2 is 1.35 bits per heavy atom. The van der Waals surface area contributed by atoms with E-state index in [4.69, 9.17) is 23.7 Å². The van der Waals surface area contributed by atoms with Gasteiger partial charge >= 0.3 is 0 Å². The van der Waals surface area contributed by atoms with Gasteiger partial charge in [0.05, 0.1) is 52.8 Å². The van der Waals surface area contributed by atoms with Gasteiger partial charge in [-0.3, -0.25) is 4.79 Å². The highest BCUT2D eigenvalue weighted by molar-refractivity contribution is 6.31. The zero-order valence-electron chi connectivity index (χ0n) is 25.8. The van der Waals surface area contributed by atoms with Crippen molar-refractivity contribution in [2.75, 3.05) is 35.5 Å². The minimum absolute atomic E-state index is 0.105. The molecule has 0 saturated carbocycles. The minimum Gasteiger partial charge on any atom is -0.507 e. The van der Waals surface area contributed by atoms with Gasteiger partial charge in [-0.15, -0.1) is 0 Å². The molecular formula is C39H28O7. The van der Waals surface area contributed by atoms with E-state index >= 15 is 4.79 Å². The van der Waals surface area contributed by atoms with Crippen molar-refractivity contribution in [3.05, 3.63) is 88.0 Å². The van der Waals surface area contributed by atoms with Crippen molar-refractivity contribution in [1.29, 1.82) is 0 Å². The molecule has 1 unspecified atom stereocenters. The summed E-state index contributed by atoms with van der Waals surface area (Å²) in [4.78, 5) is 15.0. The smallest absolute Gasteiger partial charge is 0.169 e. The van der Waals surface area contributed by atoms with Gasteiger partial charge in [0.15, 0.2) is 17.3 Å². The lowest BCUT2D eigenvalue weighted by molar-refractivity contribution is -0.124. The van der Waals surface area contributed by atoms with E-state index in [9.17, 15) is 5.11 Å². The third-order valence-electron chi connectivity index (χ3n) is 11.1. The molecule has 5 aliphatic carbocycles. The summed E-state index contributed by atoms with van der Waals surface area (Å²) in [7, 11) is 8.31. The fraction of sp³-hybridized carbons (Fsp3) is 0.205. The fourth-order valence-electron chi connectivity index (χ4n) is 9.68. The molecule has 6 aromatic carbocycles. The topological polar surface area (TPSA) is 83.5 Å². The maximum absolute atomic E-state index is 15.0. The van der Waals surface area contributed by atoms with Gasteiger partial charge in [0.25, 0.3) is 0 Å². The molecule has 2 bridgehead atoms.